The third-order valence-electron chi connectivity index (χ3n) is 5.56. The molecule has 2 saturated heterocycles. The van der Waals surface area contributed by atoms with Crippen LogP contribution >= 0.6 is 11.3 Å². The number of hydrogen-bond donors (Lipinski definition) is 0. The van der Waals surface area contributed by atoms with Crippen LogP contribution in [0.15, 0.2) is 17.8 Å². The van der Waals surface area contributed by atoms with Crippen LogP contribution in [0.2, 0.25) is 0 Å². The Kier molecular flexibility index (Phi) is 4.56. The highest BCUT2D eigenvalue weighted by Crippen LogP contribution is 2.33. The molecule has 0 spiro atoms. The first kappa shape index (κ1) is 17.9. The van der Waals surface area contributed by atoms with Gasteiger partial charge in [-0.15, -0.1) is 11.3 Å². The summed E-state index contributed by atoms with van der Waals surface area (Å²) in [5.41, 5.74) is 0.481. The molecule has 26 heavy (non-hydrogen) atoms. The Hall–Kier alpha value is -1.45. The number of fused-ring (bicyclic) bond motifs is 2. The van der Waals surface area contributed by atoms with Gasteiger partial charge in [-0.1, -0.05) is 0 Å². The molecule has 0 saturated carbocycles. The normalized spacial score (nSPS) is 25.0. The van der Waals surface area contributed by atoms with Crippen molar-refractivity contribution in [1.82, 2.24) is 18.6 Å². The van der Waals surface area contributed by atoms with Crippen molar-refractivity contribution >= 4 is 32.2 Å². The van der Waals surface area contributed by atoms with Crippen LogP contribution in [-0.4, -0.2) is 63.8 Å². The second-order valence-corrected chi connectivity index (χ2v) is 10.8. The van der Waals surface area contributed by atoms with Crippen molar-refractivity contribution in [2.45, 2.75) is 44.4 Å². The van der Waals surface area contributed by atoms with Crippen molar-refractivity contribution in [3.05, 3.63) is 23.5 Å². The summed E-state index contributed by atoms with van der Waals surface area (Å²) in [5, 5.41) is 1.54. The van der Waals surface area contributed by atoms with Gasteiger partial charge in [0.2, 0.25) is 10.0 Å². The Balaban J connectivity index is 1.53. The molecule has 1 amide bonds. The van der Waals surface area contributed by atoms with E-state index in [1.165, 1.54) is 11.3 Å². The van der Waals surface area contributed by atoms with Gasteiger partial charge in [-0.3, -0.25) is 9.20 Å². The van der Waals surface area contributed by atoms with Gasteiger partial charge in [0.25, 0.3) is 5.91 Å². The fourth-order valence-electron chi connectivity index (χ4n) is 4.13. The van der Waals surface area contributed by atoms with Crippen molar-refractivity contribution in [1.29, 1.82) is 0 Å². The van der Waals surface area contributed by atoms with E-state index in [2.05, 4.69) is 4.98 Å². The van der Waals surface area contributed by atoms with Gasteiger partial charge in [-0.2, -0.15) is 0 Å². The minimum Gasteiger partial charge on any atom is -0.334 e. The van der Waals surface area contributed by atoms with E-state index in [0.29, 0.717) is 25.2 Å². The molecule has 7 nitrogen and oxygen atoms in total. The number of likely N-dealkylation sites (tertiary alicyclic amines) is 1. The molecule has 9 heteroatoms. The van der Waals surface area contributed by atoms with Gasteiger partial charge in [0.05, 0.1) is 5.25 Å². The number of hydrogen-bond acceptors (Lipinski definition) is 5. The zero-order valence-corrected chi connectivity index (χ0v) is 16.7. The molecule has 142 valence electrons. The smallest absolute Gasteiger partial charge is 0.274 e. The lowest BCUT2D eigenvalue weighted by Gasteiger charge is -2.46. The molecule has 2 aromatic heterocycles. The second kappa shape index (κ2) is 6.61. The maximum atomic E-state index is 13.0. The van der Waals surface area contributed by atoms with E-state index in [9.17, 15) is 13.2 Å². The fraction of sp³-hybridized carbons (Fsp3) is 0.647. The van der Waals surface area contributed by atoms with Crippen LogP contribution in [0.25, 0.3) is 4.96 Å². The number of nitrogens with zero attached hydrogens (tertiary/aromatic N) is 4. The highest BCUT2D eigenvalue weighted by molar-refractivity contribution is 7.89. The quantitative estimate of drug-likeness (QED) is 0.796. The average Bonchev–Trinajstić information content (AvgIpc) is 3.21. The van der Waals surface area contributed by atoms with Gasteiger partial charge < -0.3 is 4.90 Å². The van der Waals surface area contributed by atoms with Crippen molar-refractivity contribution in [2.75, 3.05) is 19.6 Å². The average molecular weight is 397 g/mol. The summed E-state index contributed by atoms with van der Waals surface area (Å²) < 4.78 is 28.5. The summed E-state index contributed by atoms with van der Waals surface area (Å²) in [4.78, 5) is 20.2. The Bertz CT molecular complexity index is 889. The minimum atomic E-state index is -3.23. The number of thiazole rings is 1. The molecule has 4 heterocycles. The summed E-state index contributed by atoms with van der Waals surface area (Å²) >= 11 is 1.51. The topological polar surface area (TPSA) is 75.0 Å². The number of sulfonamides is 1. The predicted octanol–water partition coefficient (Wildman–Crippen LogP) is 2.06. The summed E-state index contributed by atoms with van der Waals surface area (Å²) in [6.07, 6.45) is 6.26. The van der Waals surface area contributed by atoms with E-state index in [1.807, 2.05) is 20.9 Å². The van der Waals surface area contributed by atoms with E-state index in [0.717, 1.165) is 24.3 Å². The summed E-state index contributed by atoms with van der Waals surface area (Å²) in [5.74, 6) is 0.175. The van der Waals surface area contributed by atoms with Crippen LogP contribution in [0.4, 0.5) is 0 Å². The van der Waals surface area contributed by atoms with Gasteiger partial charge in [0.15, 0.2) is 4.96 Å². The Morgan fingerprint density at radius 2 is 2.12 bits per heavy atom. The zero-order valence-electron chi connectivity index (χ0n) is 15.0. The third kappa shape index (κ3) is 2.95. The van der Waals surface area contributed by atoms with Gasteiger partial charge in [0, 0.05) is 43.4 Å². The standard InChI is InChI=1S/C17H24N4O3S2/c1-12(2)26(23,24)20-7-5-15-13(10-20)4-3-6-21(15)16(22)14-11-19-8-9-25-17(19)18-14/h8-9,11-13,15H,3-7,10H2,1-2H3/t13-,15-/m1/s1. The molecule has 2 atom stereocenters. The van der Waals surface area contributed by atoms with Crippen LogP contribution in [0.1, 0.15) is 43.6 Å². The monoisotopic (exact) mass is 396 g/mol. The predicted molar refractivity (Wildman–Crippen MR) is 101 cm³/mol. The summed E-state index contributed by atoms with van der Waals surface area (Å²) in [6, 6.07) is 0.106. The molecule has 0 N–H and O–H groups in total. The molecular formula is C17H24N4O3S2. The second-order valence-electron chi connectivity index (χ2n) is 7.43. The lowest BCUT2D eigenvalue weighted by atomic mass is 9.84. The molecule has 0 radical (unpaired) electrons. The van der Waals surface area contributed by atoms with E-state index >= 15 is 0 Å². The van der Waals surface area contributed by atoms with Crippen molar-refractivity contribution in [3.8, 4) is 0 Å². The van der Waals surface area contributed by atoms with Crippen molar-refractivity contribution in [3.63, 3.8) is 0 Å². The summed E-state index contributed by atoms with van der Waals surface area (Å²) in [7, 11) is -3.23. The number of carbonyl (C=O) groups excluding carboxylic acids is 1. The molecule has 0 aliphatic carbocycles. The first-order chi connectivity index (χ1) is 12.4. The van der Waals surface area contributed by atoms with Crippen molar-refractivity contribution in [2.24, 2.45) is 5.92 Å². The molecule has 4 rings (SSSR count). The lowest BCUT2D eigenvalue weighted by molar-refractivity contribution is 0.0329. The van der Waals surface area contributed by atoms with Gasteiger partial charge >= 0.3 is 0 Å². The molecular weight excluding hydrogens is 372 g/mol. The molecule has 0 unspecified atom stereocenters. The Labute approximate surface area is 157 Å². The van der Waals surface area contributed by atoms with Crippen LogP contribution in [0, 0.1) is 5.92 Å². The first-order valence-corrected chi connectivity index (χ1v) is 11.5. The molecule has 2 aliphatic rings. The van der Waals surface area contributed by atoms with E-state index in [4.69, 9.17) is 0 Å². The van der Waals surface area contributed by atoms with Crippen molar-refractivity contribution < 1.29 is 13.2 Å². The highest BCUT2D eigenvalue weighted by Gasteiger charge is 2.42. The van der Waals surface area contributed by atoms with Crippen LogP contribution in [-0.2, 0) is 10.0 Å². The van der Waals surface area contributed by atoms with Gasteiger partial charge in [-0.25, -0.2) is 17.7 Å². The van der Waals surface area contributed by atoms with E-state index < -0.39 is 15.3 Å². The number of amides is 1. The minimum absolute atomic E-state index is 0.0317. The fourth-order valence-corrected chi connectivity index (χ4v) is 6.18. The molecule has 2 fully saturated rings. The molecule has 2 aromatic rings. The van der Waals surface area contributed by atoms with Crippen LogP contribution in [0.3, 0.4) is 0 Å². The molecule has 0 aromatic carbocycles. The Morgan fingerprint density at radius 1 is 1.31 bits per heavy atom. The lowest BCUT2D eigenvalue weighted by Crippen LogP contribution is -2.57. The third-order valence-corrected chi connectivity index (χ3v) is 8.57. The van der Waals surface area contributed by atoms with Gasteiger partial charge in [0.1, 0.15) is 5.69 Å². The first-order valence-electron chi connectivity index (χ1n) is 9.10. The van der Waals surface area contributed by atoms with E-state index in [-0.39, 0.29) is 17.9 Å². The Morgan fingerprint density at radius 3 is 2.85 bits per heavy atom. The van der Waals surface area contributed by atoms with Crippen LogP contribution in [0.5, 0.6) is 0 Å². The maximum absolute atomic E-state index is 13.0. The number of rotatable bonds is 3. The number of carbonyl (C=O) groups is 1. The number of piperidine rings is 2. The molecule has 2 aliphatic heterocycles. The van der Waals surface area contributed by atoms with Gasteiger partial charge in [-0.05, 0) is 39.0 Å². The SMILES string of the molecule is CC(C)S(=O)(=O)N1CC[C@@H]2[C@H](CCCN2C(=O)c2cn3ccsc3n2)C1. The maximum Gasteiger partial charge on any atom is 0.274 e. The largest absolute Gasteiger partial charge is 0.334 e. The molecule has 0 bridgehead atoms. The zero-order chi connectivity index (χ0) is 18.5. The highest BCUT2D eigenvalue weighted by atomic mass is 32.2. The summed E-state index contributed by atoms with van der Waals surface area (Å²) in [6.45, 7) is 5.18. The van der Waals surface area contributed by atoms with E-state index in [1.54, 1.807) is 24.3 Å². The number of aromatic nitrogens is 2. The van der Waals surface area contributed by atoms with Crippen LogP contribution < -0.4 is 0 Å². The number of imidazole rings is 1.